The van der Waals surface area contributed by atoms with Gasteiger partial charge >= 0.3 is 5.97 Å². The standard InChI is InChI=1S/C22H21N3O6S2/c26-20(25-9-11-31-12-10-25)13-18-14-23-22(32-18)24-33(29,30)19-7-5-16(6-8-19)15-1-3-17(4-2-15)21(27)28/h1-8,14H,9-13H2,(H,23,24)(H,27,28). The smallest absolute Gasteiger partial charge is 0.335 e. The molecular formula is C22H21N3O6S2. The summed E-state index contributed by atoms with van der Waals surface area (Å²) in [5.74, 6) is -1.05. The fraction of sp³-hybridized carbons (Fsp3) is 0.227. The van der Waals surface area contributed by atoms with E-state index in [0.717, 1.165) is 22.5 Å². The lowest BCUT2D eigenvalue weighted by atomic mass is 10.0. The maximum atomic E-state index is 12.7. The predicted octanol–water partition coefficient (Wildman–Crippen LogP) is 2.71. The van der Waals surface area contributed by atoms with Gasteiger partial charge < -0.3 is 14.7 Å². The van der Waals surface area contributed by atoms with Crippen LogP contribution in [0.15, 0.2) is 59.6 Å². The zero-order valence-corrected chi connectivity index (χ0v) is 19.1. The third kappa shape index (κ3) is 5.56. The zero-order chi connectivity index (χ0) is 23.4. The Labute approximate surface area is 194 Å². The number of hydrogen-bond acceptors (Lipinski definition) is 7. The summed E-state index contributed by atoms with van der Waals surface area (Å²) >= 11 is 1.12. The second-order valence-electron chi connectivity index (χ2n) is 7.31. The summed E-state index contributed by atoms with van der Waals surface area (Å²) < 4.78 is 33.2. The first-order valence-electron chi connectivity index (χ1n) is 10.1. The molecule has 0 radical (unpaired) electrons. The number of carboxylic acid groups (broad SMARTS) is 1. The van der Waals surface area contributed by atoms with E-state index in [1.54, 1.807) is 29.2 Å². The first-order valence-corrected chi connectivity index (χ1v) is 12.4. The maximum Gasteiger partial charge on any atom is 0.335 e. The molecular weight excluding hydrogens is 466 g/mol. The SMILES string of the molecule is O=C(O)c1ccc(-c2ccc(S(=O)(=O)Nc3ncc(CC(=O)N4CCOCC4)s3)cc2)cc1. The average Bonchev–Trinajstić information content (AvgIpc) is 3.25. The Bertz CT molecular complexity index is 1250. The number of nitrogens with one attached hydrogen (secondary N) is 1. The number of anilines is 1. The van der Waals surface area contributed by atoms with Crippen molar-refractivity contribution in [1.29, 1.82) is 0 Å². The van der Waals surface area contributed by atoms with Crippen LogP contribution in [0.5, 0.6) is 0 Å². The third-order valence-corrected chi connectivity index (χ3v) is 7.49. The van der Waals surface area contributed by atoms with Gasteiger partial charge in [-0.2, -0.15) is 0 Å². The molecule has 9 nitrogen and oxygen atoms in total. The molecule has 1 aliphatic rings. The van der Waals surface area contributed by atoms with Crippen LogP contribution >= 0.6 is 11.3 Å². The van der Waals surface area contributed by atoms with Crippen LogP contribution in [0, 0.1) is 0 Å². The molecule has 3 aromatic rings. The number of carbonyl (C=O) groups excluding carboxylic acids is 1. The van der Waals surface area contributed by atoms with Gasteiger partial charge in [0.2, 0.25) is 5.91 Å². The summed E-state index contributed by atoms with van der Waals surface area (Å²) in [6.07, 6.45) is 1.67. The molecule has 1 aromatic heterocycles. The average molecular weight is 488 g/mol. The van der Waals surface area contributed by atoms with E-state index in [1.165, 1.54) is 30.5 Å². The molecule has 33 heavy (non-hydrogen) atoms. The largest absolute Gasteiger partial charge is 0.478 e. The normalized spacial score (nSPS) is 14.1. The number of ether oxygens (including phenoxy) is 1. The van der Waals surface area contributed by atoms with Gasteiger partial charge in [-0.3, -0.25) is 9.52 Å². The molecule has 1 fully saturated rings. The topological polar surface area (TPSA) is 126 Å². The Morgan fingerprint density at radius 1 is 1.03 bits per heavy atom. The van der Waals surface area contributed by atoms with Crippen LogP contribution < -0.4 is 4.72 Å². The number of hydrogen-bond donors (Lipinski definition) is 2. The van der Waals surface area contributed by atoms with Crippen LogP contribution in [0.4, 0.5) is 5.13 Å². The van der Waals surface area contributed by atoms with Crippen LogP contribution in [0.25, 0.3) is 11.1 Å². The minimum Gasteiger partial charge on any atom is -0.478 e. The van der Waals surface area contributed by atoms with Gasteiger partial charge in [-0.1, -0.05) is 24.3 Å². The summed E-state index contributed by atoms with van der Waals surface area (Å²) in [7, 11) is -3.86. The Balaban J connectivity index is 1.41. The number of thiazole rings is 1. The van der Waals surface area contributed by atoms with Crippen LogP contribution in [0.2, 0.25) is 0 Å². The van der Waals surface area contributed by atoms with Crippen molar-refractivity contribution in [2.45, 2.75) is 11.3 Å². The van der Waals surface area contributed by atoms with Gasteiger partial charge in [-0.25, -0.2) is 18.2 Å². The first-order chi connectivity index (χ1) is 15.8. The molecule has 0 aliphatic carbocycles. The van der Waals surface area contributed by atoms with Crippen LogP contribution in [0.3, 0.4) is 0 Å². The monoisotopic (exact) mass is 487 g/mol. The summed E-state index contributed by atoms with van der Waals surface area (Å²) in [6, 6.07) is 12.6. The molecule has 0 bridgehead atoms. The minimum absolute atomic E-state index is 0.0386. The number of aromatic carboxylic acids is 1. The van der Waals surface area contributed by atoms with Gasteiger partial charge in [0, 0.05) is 24.2 Å². The van der Waals surface area contributed by atoms with Gasteiger partial charge in [-0.15, -0.1) is 11.3 Å². The molecule has 172 valence electrons. The van der Waals surface area contributed by atoms with Crippen LogP contribution in [0.1, 0.15) is 15.2 Å². The van der Waals surface area contributed by atoms with Crippen molar-refractivity contribution in [3.8, 4) is 11.1 Å². The van der Waals surface area contributed by atoms with Crippen molar-refractivity contribution >= 4 is 38.4 Å². The van der Waals surface area contributed by atoms with E-state index < -0.39 is 16.0 Å². The van der Waals surface area contributed by atoms with Gasteiger partial charge in [-0.05, 0) is 35.4 Å². The lowest BCUT2D eigenvalue weighted by Gasteiger charge is -2.26. The number of nitrogens with zero attached hydrogens (tertiary/aromatic N) is 2. The number of sulfonamides is 1. The molecule has 0 unspecified atom stereocenters. The van der Waals surface area contributed by atoms with E-state index in [0.29, 0.717) is 31.2 Å². The van der Waals surface area contributed by atoms with E-state index in [1.807, 2.05) is 0 Å². The lowest BCUT2D eigenvalue weighted by Crippen LogP contribution is -2.41. The van der Waals surface area contributed by atoms with Crippen molar-refractivity contribution in [3.05, 3.63) is 65.2 Å². The van der Waals surface area contributed by atoms with E-state index in [-0.39, 0.29) is 27.9 Å². The highest BCUT2D eigenvalue weighted by Gasteiger charge is 2.20. The quantitative estimate of drug-likeness (QED) is 0.525. The zero-order valence-electron chi connectivity index (χ0n) is 17.4. The summed E-state index contributed by atoms with van der Waals surface area (Å²) in [6.45, 7) is 2.14. The van der Waals surface area contributed by atoms with Crippen LogP contribution in [-0.2, 0) is 26.0 Å². The molecule has 2 N–H and O–H groups in total. The van der Waals surface area contributed by atoms with E-state index in [2.05, 4.69) is 9.71 Å². The van der Waals surface area contributed by atoms with Gasteiger partial charge in [0.15, 0.2) is 5.13 Å². The maximum absolute atomic E-state index is 12.7. The fourth-order valence-corrected chi connectivity index (χ4v) is 5.36. The van der Waals surface area contributed by atoms with Gasteiger partial charge in [0.1, 0.15) is 0 Å². The fourth-order valence-electron chi connectivity index (χ4n) is 3.32. The molecule has 4 rings (SSSR count). The van der Waals surface area contributed by atoms with Crippen molar-refractivity contribution < 1.29 is 27.9 Å². The van der Waals surface area contributed by atoms with E-state index >= 15 is 0 Å². The number of morpholine rings is 1. The minimum atomic E-state index is -3.86. The first kappa shape index (κ1) is 22.9. The Kier molecular flexibility index (Phi) is 6.72. The molecule has 0 saturated carbocycles. The highest BCUT2D eigenvalue weighted by molar-refractivity contribution is 7.93. The number of carboxylic acids is 1. The number of carbonyl (C=O) groups is 2. The van der Waals surface area contributed by atoms with Crippen LogP contribution in [-0.4, -0.2) is 61.6 Å². The Morgan fingerprint density at radius 2 is 1.64 bits per heavy atom. The van der Waals surface area contributed by atoms with Gasteiger partial charge in [0.05, 0.1) is 30.1 Å². The van der Waals surface area contributed by atoms with Crippen molar-refractivity contribution in [2.75, 3.05) is 31.0 Å². The molecule has 0 spiro atoms. The number of rotatable bonds is 7. The molecule has 2 aromatic carbocycles. The molecule has 2 heterocycles. The summed E-state index contributed by atoms with van der Waals surface area (Å²) in [5.41, 5.74) is 1.70. The molecule has 1 amide bonds. The number of aromatic nitrogens is 1. The highest BCUT2D eigenvalue weighted by atomic mass is 32.2. The van der Waals surface area contributed by atoms with Crippen molar-refractivity contribution in [3.63, 3.8) is 0 Å². The molecule has 1 saturated heterocycles. The molecule has 1 aliphatic heterocycles. The predicted molar refractivity (Wildman–Crippen MR) is 123 cm³/mol. The molecule has 0 atom stereocenters. The Hall–Kier alpha value is -3.28. The van der Waals surface area contributed by atoms with Crippen molar-refractivity contribution in [1.82, 2.24) is 9.88 Å². The van der Waals surface area contributed by atoms with Gasteiger partial charge in [0.25, 0.3) is 10.0 Å². The summed E-state index contributed by atoms with van der Waals surface area (Å²) in [4.78, 5) is 29.9. The number of amides is 1. The second-order valence-corrected chi connectivity index (χ2v) is 10.1. The number of benzene rings is 2. The highest BCUT2D eigenvalue weighted by Crippen LogP contribution is 2.25. The Morgan fingerprint density at radius 3 is 2.24 bits per heavy atom. The summed E-state index contributed by atoms with van der Waals surface area (Å²) in [5, 5.41) is 9.18. The van der Waals surface area contributed by atoms with E-state index in [4.69, 9.17) is 9.84 Å². The third-order valence-electron chi connectivity index (χ3n) is 5.09. The second kappa shape index (κ2) is 9.69. The van der Waals surface area contributed by atoms with Crippen molar-refractivity contribution in [2.24, 2.45) is 0 Å². The van der Waals surface area contributed by atoms with E-state index in [9.17, 15) is 18.0 Å². The lowest BCUT2D eigenvalue weighted by molar-refractivity contribution is -0.134. The molecule has 11 heteroatoms.